The summed E-state index contributed by atoms with van der Waals surface area (Å²) in [6.45, 7) is 0.523. The van der Waals surface area contributed by atoms with Gasteiger partial charge < -0.3 is 9.64 Å². The monoisotopic (exact) mass is 323 g/mol. The van der Waals surface area contributed by atoms with Crippen molar-refractivity contribution in [3.8, 4) is 0 Å². The molecule has 2 aliphatic heterocycles. The van der Waals surface area contributed by atoms with Crippen LogP contribution in [0.5, 0.6) is 0 Å². The molecule has 1 amide bonds. The lowest BCUT2D eigenvalue weighted by atomic mass is 10.1. The fourth-order valence-electron chi connectivity index (χ4n) is 3.09. The van der Waals surface area contributed by atoms with Gasteiger partial charge in [0.1, 0.15) is 0 Å². The summed E-state index contributed by atoms with van der Waals surface area (Å²) in [7, 11) is -1.75. The first-order chi connectivity index (χ1) is 10.4. The Bertz CT molecular complexity index is 740. The van der Waals surface area contributed by atoms with Gasteiger partial charge >= 0.3 is 5.97 Å². The summed E-state index contributed by atoms with van der Waals surface area (Å²) < 4.78 is 27.8. The number of ether oxygens (including phenoxy) is 1. The summed E-state index contributed by atoms with van der Waals surface area (Å²) in [6.07, 6.45) is 1.05. The lowest BCUT2D eigenvalue weighted by Gasteiger charge is -2.20. The van der Waals surface area contributed by atoms with E-state index in [4.69, 9.17) is 0 Å². The van der Waals surface area contributed by atoms with Gasteiger partial charge in [-0.05, 0) is 36.6 Å². The van der Waals surface area contributed by atoms with Crippen LogP contribution >= 0.6 is 0 Å². The molecule has 0 N–H and O–H groups in total. The number of carbonyl (C=O) groups excluding carboxylic acids is 2. The van der Waals surface area contributed by atoms with Crippen LogP contribution in [0.1, 0.15) is 22.3 Å². The van der Waals surface area contributed by atoms with Crippen LogP contribution in [0.4, 0.5) is 5.69 Å². The molecule has 118 valence electrons. The number of fused-ring (bicyclic) bond motifs is 1. The minimum atomic E-state index is -3.08. The summed E-state index contributed by atoms with van der Waals surface area (Å²) in [6, 6.07) is 5.09. The highest BCUT2D eigenvalue weighted by molar-refractivity contribution is 7.91. The Morgan fingerprint density at radius 2 is 2.09 bits per heavy atom. The summed E-state index contributed by atoms with van der Waals surface area (Å²) in [5, 5.41) is 0. The molecule has 22 heavy (non-hydrogen) atoms. The third-order valence-corrected chi connectivity index (χ3v) is 6.01. The molecule has 0 unspecified atom stereocenters. The van der Waals surface area contributed by atoms with E-state index in [-0.39, 0.29) is 17.4 Å². The maximum Gasteiger partial charge on any atom is 0.337 e. The Morgan fingerprint density at radius 3 is 2.73 bits per heavy atom. The number of esters is 1. The lowest BCUT2D eigenvalue weighted by Crippen LogP contribution is -2.35. The Hall–Kier alpha value is -1.89. The summed E-state index contributed by atoms with van der Waals surface area (Å²) in [4.78, 5) is 25.7. The van der Waals surface area contributed by atoms with E-state index in [9.17, 15) is 18.0 Å². The molecular weight excluding hydrogens is 306 g/mol. The van der Waals surface area contributed by atoms with E-state index in [1.807, 2.05) is 0 Å². The third-order valence-electron chi connectivity index (χ3n) is 4.24. The first-order valence-electron chi connectivity index (χ1n) is 7.14. The van der Waals surface area contributed by atoms with Crippen molar-refractivity contribution in [3.05, 3.63) is 29.3 Å². The summed E-state index contributed by atoms with van der Waals surface area (Å²) in [5.41, 5.74) is 2.14. The summed E-state index contributed by atoms with van der Waals surface area (Å²) >= 11 is 0. The van der Waals surface area contributed by atoms with Crippen LogP contribution in [-0.2, 0) is 25.8 Å². The van der Waals surface area contributed by atoms with Crippen molar-refractivity contribution < 1.29 is 22.7 Å². The van der Waals surface area contributed by atoms with Gasteiger partial charge in [-0.15, -0.1) is 0 Å². The van der Waals surface area contributed by atoms with Crippen molar-refractivity contribution in [2.24, 2.45) is 5.92 Å². The fourth-order valence-corrected chi connectivity index (χ4v) is 4.82. The molecule has 0 aliphatic carbocycles. The van der Waals surface area contributed by atoms with Gasteiger partial charge in [-0.3, -0.25) is 4.79 Å². The van der Waals surface area contributed by atoms with Gasteiger partial charge in [-0.1, -0.05) is 0 Å². The van der Waals surface area contributed by atoms with Gasteiger partial charge in [-0.2, -0.15) is 0 Å². The van der Waals surface area contributed by atoms with E-state index in [2.05, 4.69) is 4.74 Å². The van der Waals surface area contributed by atoms with Gasteiger partial charge in [0.05, 0.1) is 30.1 Å². The Kier molecular flexibility index (Phi) is 3.68. The number of methoxy groups -OCH3 is 1. The molecule has 6 nitrogen and oxygen atoms in total. The zero-order valence-electron chi connectivity index (χ0n) is 12.2. The second kappa shape index (κ2) is 5.39. The molecule has 2 heterocycles. The second-order valence-electron chi connectivity index (χ2n) is 5.67. The van der Waals surface area contributed by atoms with Crippen LogP contribution in [0.3, 0.4) is 0 Å². The molecule has 0 spiro atoms. The van der Waals surface area contributed by atoms with Gasteiger partial charge in [0.15, 0.2) is 9.84 Å². The number of hydrogen-bond acceptors (Lipinski definition) is 5. The molecule has 0 saturated carbocycles. The second-order valence-corrected chi connectivity index (χ2v) is 7.90. The molecule has 0 bridgehead atoms. The maximum absolute atomic E-state index is 12.5. The van der Waals surface area contributed by atoms with Crippen LogP contribution in [0, 0.1) is 5.92 Å². The van der Waals surface area contributed by atoms with Gasteiger partial charge in [0.2, 0.25) is 5.91 Å². The average Bonchev–Trinajstić information content (AvgIpc) is 3.08. The van der Waals surface area contributed by atoms with Crippen LogP contribution in [-0.4, -0.2) is 45.5 Å². The molecule has 1 fully saturated rings. The van der Waals surface area contributed by atoms with E-state index in [1.54, 1.807) is 23.1 Å². The Morgan fingerprint density at radius 1 is 1.32 bits per heavy atom. The highest BCUT2D eigenvalue weighted by Gasteiger charge is 2.37. The van der Waals surface area contributed by atoms with Crippen LogP contribution in [0.15, 0.2) is 18.2 Å². The minimum absolute atomic E-state index is 0.0576. The zero-order valence-corrected chi connectivity index (χ0v) is 13.1. The number of carbonyl (C=O) groups is 2. The highest BCUT2D eigenvalue weighted by atomic mass is 32.2. The lowest BCUT2D eigenvalue weighted by molar-refractivity contribution is -0.121. The van der Waals surface area contributed by atoms with Crippen molar-refractivity contribution in [1.29, 1.82) is 0 Å². The minimum Gasteiger partial charge on any atom is -0.465 e. The standard InChI is InChI=1S/C15H17NO5S/c1-21-15(18)11-2-3-13-10(8-11)4-6-16(13)14(17)12-5-7-22(19,20)9-12/h2-3,8,12H,4-7,9H2,1H3/t12-/m1/s1. The van der Waals surface area contributed by atoms with Crippen LogP contribution < -0.4 is 4.90 Å². The number of anilines is 1. The summed E-state index contributed by atoms with van der Waals surface area (Å²) in [5.74, 6) is -0.958. The quantitative estimate of drug-likeness (QED) is 0.752. The predicted octanol–water partition coefficient (Wildman–Crippen LogP) is 0.797. The van der Waals surface area contributed by atoms with Gasteiger partial charge in [0.25, 0.3) is 0 Å². The van der Waals surface area contributed by atoms with Crippen molar-refractivity contribution in [2.45, 2.75) is 12.8 Å². The van der Waals surface area contributed by atoms with Crippen molar-refractivity contribution in [2.75, 3.05) is 30.1 Å². The van der Waals surface area contributed by atoms with E-state index < -0.39 is 21.7 Å². The first kappa shape index (κ1) is 15.0. The number of hydrogen-bond donors (Lipinski definition) is 0. The smallest absolute Gasteiger partial charge is 0.337 e. The SMILES string of the molecule is COC(=O)c1ccc2c(c1)CCN2C(=O)[C@@H]1CCS(=O)(=O)C1. The van der Waals surface area contributed by atoms with Crippen LogP contribution in [0.2, 0.25) is 0 Å². The van der Waals surface area contributed by atoms with E-state index in [1.165, 1.54) is 7.11 Å². The Balaban J connectivity index is 1.83. The number of benzene rings is 1. The topological polar surface area (TPSA) is 80.8 Å². The van der Waals surface area contributed by atoms with Crippen molar-refractivity contribution in [3.63, 3.8) is 0 Å². The number of rotatable bonds is 2. The largest absolute Gasteiger partial charge is 0.465 e. The molecule has 1 aromatic rings. The van der Waals surface area contributed by atoms with Crippen molar-refractivity contribution in [1.82, 2.24) is 0 Å². The third kappa shape index (κ3) is 2.61. The normalized spacial score (nSPS) is 22.4. The fraction of sp³-hybridized carbons (Fsp3) is 0.467. The average molecular weight is 323 g/mol. The number of nitrogens with zero attached hydrogens (tertiary/aromatic N) is 1. The predicted molar refractivity (Wildman–Crippen MR) is 80.6 cm³/mol. The number of sulfone groups is 1. The molecule has 1 atom stereocenters. The molecule has 0 aromatic heterocycles. The zero-order chi connectivity index (χ0) is 15.9. The molecule has 2 aliphatic rings. The van der Waals surface area contributed by atoms with E-state index in [0.717, 1.165) is 11.3 Å². The van der Waals surface area contributed by atoms with Crippen molar-refractivity contribution >= 4 is 27.4 Å². The molecule has 1 aromatic carbocycles. The van der Waals surface area contributed by atoms with Crippen LogP contribution in [0.25, 0.3) is 0 Å². The highest BCUT2D eigenvalue weighted by Crippen LogP contribution is 2.32. The number of amides is 1. The van der Waals surface area contributed by atoms with E-state index >= 15 is 0 Å². The van der Waals surface area contributed by atoms with Gasteiger partial charge in [-0.25, -0.2) is 13.2 Å². The maximum atomic E-state index is 12.5. The first-order valence-corrected chi connectivity index (χ1v) is 8.96. The van der Waals surface area contributed by atoms with E-state index in [0.29, 0.717) is 24.9 Å². The molecule has 3 rings (SSSR count). The molecule has 1 saturated heterocycles. The Labute approximate surface area is 129 Å². The molecule has 7 heteroatoms. The molecular formula is C15H17NO5S. The van der Waals surface area contributed by atoms with Gasteiger partial charge in [0, 0.05) is 12.2 Å². The molecule has 0 radical (unpaired) electrons.